The van der Waals surface area contributed by atoms with E-state index in [2.05, 4.69) is 4.84 Å². The molecule has 1 aromatic rings. The predicted molar refractivity (Wildman–Crippen MR) is 60.3 cm³/mol. The summed E-state index contributed by atoms with van der Waals surface area (Å²) in [5.41, 5.74) is 0.856. The van der Waals surface area contributed by atoms with E-state index >= 15 is 0 Å². The smallest absolute Gasteiger partial charge is 0.176 e. The third-order valence-electron chi connectivity index (χ3n) is 1.88. The molecule has 0 bridgehead atoms. The average molecular weight is 247 g/mol. The average Bonchev–Trinajstić information content (AvgIpc) is 2.16. The van der Waals surface area contributed by atoms with E-state index in [1.54, 1.807) is 18.2 Å². The molecule has 0 spiro atoms. The number of thioether (sulfide) groups is 1. The Balaban J connectivity index is 3.21. The zero-order chi connectivity index (χ0) is 11.5. The highest BCUT2D eigenvalue weighted by atomic mass is 32.2. The Labute approximate surface area is 93.7 Å². The van der Waals surface area contributed by atoms with Crippen molar-refractivity contribution in [2.45, 2.75) is 16.4 Å². The lowest BCUT2D eigenvalue weighted by Gasteiger charge is -2.07. The molecule has 1 rings (SSSR count). The largest absolute Gasteiger partial charge is 0.300 e. The van der Waals surface area contributed by atoms with Gasteiger partial charge in [-0.05, 0) is 24.0 Å². The van der Waals surface area contributed by atoms with Crippen molar-refractivity contribution in [2.24, 2.45) is 5.90 Å². The Bertz CT molecular complexity index is 443. The number of nitrogens with two attached hydrogens (primary N) is 1. The summed E-state index contributed by atoms with van der Waals surface area (Å²) >= 11 is 1.39. The van der Waals surface area contributed by atoms with Crippen LogP contribution in [0.3, 0.4) is 0 Å². The Morgan fingerprint density at radius 2 is 2.13 bits per heavy atom. The molecule has 15 heavy (non-hydrogen) atoms. The maximum Gasteiger partial charge on any atom is 0.176 e. The number of benzene rings is 1. The van der Waals surface area contributed by atoms with Gasteiger partial charge in [-0.2, -0.15) is 0 Å². The molecule has 0 saturated heterocycles. The number of hydrogen-bond acceptors (Lipinski definition) is 5. The fraction of sp³-hybridized carbons (Fsp3) is 0.333. The van der Waals surface area contributed by atoms with Gasteiger partial charge >= 0.3 is 0 Å². The molecule has 0 amide bonds. The SMILES string of the molecule is CSc1cc(CON)ccc1S(C)(=O)=O. The van der Waals surface area contributed by atoms with Crippen molar-refractivity contribution >= 4 is 21.6 Å². The Morgan fingerprint density at radius 1 is 1.47 bits per heavy atom. The third kappa shape index (κ3) is 3.20. The zero-order valence-electron chi connectivity index (χ0n) is 8.56. The molecule has 1 aromatic carbocycles. The van der Waals surface area contributed by atoms with Crippen LogP contribution in [0.4, 0.5) is 0 Å². The van der Waals surface area contributed by atoms with Gasteiger partial charge in [0.1, 0.15) is 0 Å². The van der Waals surface area contributed by atoms with Gasteiger partial charge in [-0.1, -0.05) is 6.07 Å². The van der Waals surface area contributed by atoms with Crippen LogP contribution in [0.5, 0.6) is 0 Å². The summed E-state index contributed by atoms with van der Waals surface area (Å²) in [4.78, 5) is 5.55. The fourth-order valence-corrected chi connectivity index (χ4v) is 3.19. The molecule has 0 aromatic heterocycles. The van der Waals surface area contributed by atoms with E-state index in [-0.39, 0.29) is 6.61 Å². The summed E-state index contributed by atoms with van der Waals surface area (Å²) in [7, 11) is -3.17. The number of hydrogen-bond donors (Lipinski definition) is 1. The molecule has 0 heterocycles. The third-order valence-corrected chi connectivity index (χ3v) is 3.94. The first-order valence-corrected chi connectivity index (χ1v) is 7.29. The summed E-state index contributed by atoms with van der Waals surface area (Å²) in [5, 5.41) is 0. The second-order valence-corrected chi connectivity index (χ2v) is 5.90. The molecule has 0 aliphatic heterocycles. The van der Waals surface area contributed by atoms with Gasteiger partial charge in [0.2, 0.25) is 0 Å². The monoisotopic (exact) mass is 247 g/mol. The van der Waals surface area contributed by atoms with E-state index in [9.17, 15) is 8.42 Å². The van der Waals surface area contributed by atoms with Gasteiger partial charge in [0.15, 0.2) is 9.84 Å². The second kappa shape index (κ2) is 4.98. The lowest BCUT2D eigenvalue weighted by Crippen LogP contribution is -2.02. The molecule has 0 aliphatic rings. The topological polar surface area (TPSA) is 69.4 Å². The van der Waals surface area contributed by atoms with Crippen LogP contribution >= 0.6 is 11.8 Å². The van der Waals surface area contributed by atoms with Crippen LogP contribution in [0.2, 0.25) is 0 Å². The van der Waals surface area contributed by atoms with Crippen molar-refractivity contribution < 1.29 is 13.3 Å². The highest BCUT2D eigenvalue weighted by Crippen LogP contribution is 2.26. The molecule has 0 unspecified atom stereocenters. The minimum atomic E-state index is -3.17. The van der Waals surface area contributed by atoms with Gasteiger partial charge in [0, 0.05) is 11.2 Å². The van der Waals surface area contributed by atoms with E-state index in [0.717, 1.165) is 5.56 Å². The lowest BCUT2D eigenvalue weighted by atomic mass is 10.2. The lowest BCUT2D eigenvalue weighted by molar-refractivity contribution is 0.124. The summed E-state index contributed by atoms with van der Waals surface area (Å²) in [6.45, 7) is 0.275. The van der Waals surface area contributed by atoms with E-state index in [0.29, 0.717) is 9.79 Å². The summed E-state index contributed by atoms with van der Waals surface area (Å²) < 4.78 is 22.8. The molecule has 0 radical (unpaired) electrons. The Morgan fingerprint density at radius 3 is 2.60 bits per heavy atom. The standard InChI is InChI=1S/C9H13NO3S2/c1-14-8-5-7(6-13-10)3-4-9(8)15(2,11)12/h3-5H,6,10H2,1-2H3. The summed E-state index contributed by atoms with van der Waals surface area (Å²) in [6.07, 6.45) is 3.03. The van der Waals surface area contributed by atoms with Crippen LogP contribution in [0.15, 0.2) is 28.0 Å². The van der Waals surface area contributed by atoms with Gasteiger partial charge in [-0.3, -0.25) is 4.84 Å². The van der Waals surface area contributed by atoms with Crippen molar-refractivity contribution in [3.8, 4) is 0 Å². The van der Waals surface area contributed by atoms with Crippen molar-refractivity contribution in [2.75, 3.05) is 12.5 Å². The first-order chi connectivity index (χ1) is 6.99. The van der Waals surface area contributed by atoms with E-state index < -0.39 is 9.84 Å². The van der Waals surface area contributed by atoms with Crippen LogP contribution in [-0.2, 0) is 21.3 Å². The van der Waals surface area contributed by atoms with Crippen LogP contribution in [-0.4, -0.2) is 20.9 Å². The molecule has 6 heteroatoms. The van der Waals surface area contributed by atoms with Gasteiger partial charge in [-0.15, -0.1) is 11.8 Å². The molecule has 2 N–H and O–H groups in total. The van der Waals surface area contributed by atoms with Gasteiger partial charge < -0.3 is 0 Å². The second-order valence-electron chi connectivity index (χ2n) is 3.07. The normalized spacial score (nSPS) is 11.7. The molecular formula is C9H13NO3S2. The molecule has 0 fully saturated rings. The fourth-order valence-electron chi connectivity index (χ4n) is 1.20. The van der Waals surface area contributed by atoms with Crippen molar-refractivity contribution in [3.63, 3.8) is 0 Å². The van der Waals surface area contributed by atoms with Crippen molar-refractivity contribution in [1.82, 2.24) is 0 Å². The first-order valence-electron chi connectivity index (χ1n) is 4.17. The highest BCUT2D eigenvalue weighted by molar-refractivity contribution is 7.99. The highest BCUT2D eigenvalue weighted by Gasteiger charge is 2.12. The van der Waals surface area contributed by atoms with Crippen LogP contribution in [0, 0.1) is 0 Å². The van der Waals surface area contributed by atoms with E-state index in [1.165, 1.54) is 18.0 Å². The maximum absolute atomic E-state index is 11.4. The maximum atomic E-state index is 11.4. The van der Waals surface area contributed by atoms with E-state index in [1.807, 2.05) is 6.26 Å². The number of sulfone groups is 1. The molecule has 4 nitrogen and oxygen atoms in total. The quantitative estimate of drug-likeness (QED) is 0.639. The van der Waals surface area contributed by atoms with Crippen LogP contribution in [0.25, 0.3) is 0 Å². The summed E-state index contributed by atoms with van der Waals surface area (Å²) in [6, 6.07) is 5.05. The predicted octanol–water partition coefficient (Wildman–Crippen LogP) is 1.20. The minimum absolute atomic E-state index is 0.275. The molecule has 0 atom stereocenters. The van der Waals surface area contributed by atoms with Gasteiger partial charge in [-0.25, -0.2) is 14.3 Å². The van der Waals surface area contributed by atoms with E-state index in [4.69, 9.17) is 5.90 Å². The zero-order valence-corrected chi connectivity index (χ0v) is 10.2. The van der Waals surface area contributed by atoms with Crippen molar-refractivity contribution in [3.05, 3.63) is 23.8 Å². The van der Waals surface area contributed by atoms with Gasteiger partial charge in [0.05, 0.1) is 11.5 Å². The molecule has 84 valence electrons. The van der Waals surface area contributed by atoms with Gasteiger partial charge in [0.25, 0.3) is 0 Å². The minimum Gasteiger partial charge on any atom is -0.300 e. The molecule has 0 saturated carbocycles. The Kier molecular flexibility index (Phi) is 4.15. The molecule has 0 aliphatic carbocycles. The first kappa shape index (κ1) is 12.5. The Hall–Kier alpha value is -0.560. The number of rotatable bonds is 4. The van der Waals surface area contributed by atoms with Crippen LogP contribution < -0.4 is 5.90 Å². The van der Waals surface area contributed by atoms with Crippen molar-refractivity contribution in [1.29, 1.82) is 0 Å². The summed E-state index contributed by atoms with van der Waals surface area (Å²) in [5.74, 6) is 4.95. The van der Waals surface area contributed by atoms with Crippen LogP contribution in [0.1, 0.15) is 5.56 Å². The molecular weight excluding hydrogens is 234 g/mol.